The number of aliphatic hydroxyl groups excluding tert-OH is 1. The number of carbonyl (C=O) groups excluding carboxylic acids is 2. The van der Waals surface area contributed by atoms with Gasteiger partial charge >= 0.3 is 5.97 Å². The van der Waals surface area contributed by atoms with Gasteiger partial charge in [-0.1, -0.05) is 0 Å². The van der Waals surface area contributed by atoms with Crippen LogP contribution in [-0.4, -0.2) is 58.8 Å². The van der Waals surface area contributed by atoms with Crippen LogP contribution in [0.2, 0.25) is 0 Å². The van der Waals surface area contributed by atoms with E-state index in [1.165, 1.54) is 27.0 Å². The normalized spacial score (nSPS) is 27.7. The maximum atomic E-state index is 12.2. The molecule has 1 saturated heterocycles. The van der Waals surface area contributed by atoms with Crippen molar-refractivity contribution in [3.05, 3.63) is 23.3 Å². The van der Waals surface area contributed by atoms with E-state index in [1.54, 1.807) is 0 Å². The number of ether oxygens (including phenoxy) is 3. The minimum absolute atomic E-state index is 0.175. The number of aliphatic hydroxyl groups is 1. The van der Waals surface area contributed by atoms with Gasteiger partial charge in [0.25, 0.3) is 0 Å². The van der Waals surface area contributed by atoms with Gasteiger partial charge in [-0.25, -0.2) is 4.79 Å². The lowest BCUT2D eigenvalue weighted by Gasteiger charge is -2.35. The molecule has 1 aromatic carbocycles. The Kier molecular flexibility index (Phi) is 4.88. The predicted molar refractivity (Wildman–Crippen MR) is 76.1 cm³/mol. The summed E-state index contributed by atoms with van der Waals surface area (Å²) < 4.78 is 15.2. The lowest BCUT2D eigenvalue weighted by Crippen LogP contribution is -2.55. The summed E-state index contributed by atoms with van der Waals surface area (Å²) in [5.41, 5.74) is 0.103. The first-order valence-electron chi connectivity index (χ1n) is 6.89. The molecule has 0 spiro atoms. The number of rotatable bonds is 3. The van der Waals surface area contributed by atoms with Crippen molar-refractivity contribution in [2.75, 3.05) is 7.11 Å². The van der Waals surface area contributed by atoms with Crippen molar-refractivity contribution in [3.8, 4) is 11.5 Å². The van der Waals surface area contributed by atoms with Gasteiger partial charge in [-0.3, -0.25) is 4.79 Å². The number of phenols is 2. The number of hydrogen-bond donors (Lipinski definition) is 3. The molecular formula is C15H18O8. The molecule has 0 radical (unpaired) electrons. The smallest absolute Gasteiger partial charge is 0.343 e. The van der Waals surface area contributed by atoms with Crippen molar-refractivity contribution in [1.29, 1.82) is 0 Å². The van der Waals surface area contributed by atoms with E-state index < -0.39 is 42.1 Å². The van der Waals surface area contributed by atoms with Gasteiger partial charge in [0, 0.05) is 13.2 Å². The zero-order chi connectivity index (χ0) is 17.3. The van der Waals surface area contributed by atoms with E-state index in [-0.39, 0.29) is 16.9 Å². The zero-order valence-electron chi connectivity index (χ0n) is 12.8. The lowest BCUT2D eigenvalue weighted by atomic mass is 10.0. The molecule has 8 heteroatoms. The van der Waals surface area contributed by atoms with E-state index >= 15 is 0 Å². The number of phenolic OH excluding ortho intramolecular Hbond substituents is 2. The highest BCUT2D eigenvalue weighted by Crippen LogP contribution is 2.29. The van der Waals surface area contributed by atoms with Crippen LogP contribution >= 0.6 is 0 Å². The maximum absolute atomic E-state index is 12.2. The fourth-order valence-electron chi connectivity index (χ4n) is 2.42. The first kappa shape index (κ1) is 17.2. The highest BCUT2D eigenvalue weighted by atomic mass is 16.7. The SMILES string of the molecule is CO[C@H]1O[C@@H](C)[C@H](OC(=O)c2c(C)cc(O)cc2O)C(=O)[C@@H]1O. The molecule has 0 saturated carbocycles. The van der Waals surface area contributed by atoms with Crippen LogP contribution in [0.25, 0.3) is 0 Å². The molecule has 1 aliphatic heterocycles. The first-order chi connectivity index (χ1) is 10.8. The first-order valence-corrected chi connectivity index (χ1v) is 6.89. The van der Waals surface area contributed by atoms with E-state index in [2.05, 4.69) is 0 Å². The minimum Gasteiger partial charge on any atom is -0.508 e. The standard InChI is InChI=1S/C15H18O8/c1-6-4-8(16)5-9(17)10(6)14(20)23-13-7(2)22-15(21-3)12(19)11(13)18/h4-5,7,12-13,15-17,19H,1-3H3/t7-,12-,13-,15-/m0/s1. The van der Waals surface area contributed by atoms with Crippen molar-refractivity contribution in [2.45, 2.75) is 38.4 Å². The molecule has 0 aromatic heterocycles. The predicted octanol–water partition coefficient (Wildman–Crippen LogP) is 0.253. The number of ketones is 1. The molecule has 4 atom stereocenters. The van der Waals surface area contributed by atoms with Crippen LogP contribution in [0.4, 0.5) is 0 Å². The number of esters is 1. The van der Waals surface area contributed by atoms with Gasteiger partial charge in [-0.15, -0.1) is 0 Å². The Morgan fingerprint density at radius 3 is 2.52 bits per heavy atom. The molecule has 3 N–H and O–H groups in total. The number of aromatic hydroxyl groups is 2. The summed E-state index contributed by atoms with van der Waals surface area (Å²) in [5.74, 6) is -2.39. The van der Waals surface area contributed by atoms with Gasteiger partial charge in [-0.2, -0.15) is 0 Å². The second kappa shape index (κ2) is 6.53. The fraction of sp³-hybridized carbons (Fsp3) is 0.467. The Balaban J connectivity index is 2.22. The average Bonchev–Trinajstić information content (AvgIpc) is 2.46. The quantitative estimate of drug-likeness (QED) is 0.676. The number of aryl methyl sites for hydroxylation is 1. The van der Waals surface area contributed by atoms with Crippen LogP contribution in [0, 0.1) is 6.92 Å². The van der Waals surface area contributed by atoms with Crippen molar-refractivity contribution in [2.24, 2.45) is 0 Å². The minimum atomic E-state index is -1.58. The summed E-state index contributed by atoms with van der Waals surface area (Å²) in [6.07, 6.45) is -4.88. The molecule has 8 nitrogen and oxygen atoms in total. The molecule has 0 unspecified atom stereocenters. The van der Waals surface area contributed by atoms with Gasteiger partial charge in [-0.05, 0) is 25.5 Å². The van der Waals surface area contributed by atoms with Crippen LogP contribution in [0.5, 0.6) is 11.5 Å². The van der Waals surface area contributed by atoms with Gasteiger partial charge in [0.1, 0.15) is 23.2 Å². The van der Waals surface area contributed by atoms with Crippen molar-refractivity contribution < 1.29 is 39.1 Å². The van der Waals surface area contributed by atoms with E-state index in [9.17, 15) is 24.9 Å². The molecule has 0 amide bonds. The molecule has 0 aliphatic carbocycles. The Labute approximate surface area is 132 Å². The molecular weight excluding hydrogens is 308 g/mol. The van der Waals surface area contributed by atoms with E-state index in [1.807, 2.05) is 0 Å². The summed E-state index contributed by atoms with van der Waals surface area (Å²) in [5, 5.41) is 28.9. The van der Waals surface area contributed by atoms with Crippen LogP contribution in [0.1, 0.15) is 22.8 Å². The molecule has 1 aromatic rings. The molecule has 126 valence electrons. The highest BCUT2D eigenvalue weighted by Gasteiger charge is 2.45. The van der Waals surface area contributed by atoms with Crippen molar-refractivity contribution in [3.63, 3.8) is 0 Å². The van der Waals surface area contributed by atoms with Crippen LogP contribution in [-0.2, 0) is 19.0 Å². The Morgan fingerprint density at radius 1 is 1.30 bits per heavy atom. The number of hydrogen-bond acceptors (Lipinski definition) is 8. The maximum Gasteiger partial charge on any atom is 0.343 e. The van der Waals surface area contributed by atoms with Crippen LogP contribution < -0.4 is 0 Å². The fourth-order valence-corrected chi connectivity index (χ4v) is 2.42. The van der Waals surface area contributed by atoms with E-state index in [4.69, 9.17) is 14.2 Å². The largest absolute Gasteiger partial charge is 0.508 e. The summed E-state index contributed by atoms with van der Waals surface area (Å²) in [7, 11) is 1.28. The monoisotopic (exact) mass is 326 g/mol. The number of methoxy groups -OCH3 is 1. The summed E-state index contributed by atoms with van der Waals surface area (Å²) in [6, 6.07) is 2.26. The third-order valence-corrected chi connectivity index (χ3v) is 3.57. The third kappa shape index (κ3) is 3.29. The second-order valence-electron chi connectivity index (χ2n) is 5.28. The highest BCUT2D eigenvalue weighted by molar-refractivity contribution is 5.97. The Bertz CT molecular complexity index is 603. The van der Waals surface area contributed by atoms with Crippen molar-refractivity contribution in [1.82, 2.24) is 0 Å². The second-order valence-corrected chi connectivity index (χ2v) is 5.28. The van der Waals surface area contributed by atoms with Crippen LogP contribution in [0.15, 0.2) is 12.1 Å². The Hall–Kier alpha value is -2.16. The average molecular weight is 326 g/mol. The summed E-state index contributed by atoms with van der Waals surface area (Å²) in [6.45, 7) is 2.99. The van der Waals surface area contributed by atoms with E-state index in [0.717, 1.165) is 6.07 Å². The van der Waals surface area contributed by atoms with Crippen molar-refractivity contribution >= 4 is 11.8 Å². The molecule has 1 aliphatic rings. The number of carbonyl (C=O) groups is 2. The summed E-state index contributed by atoms with van der Waals surface area (Å²) in [4.78, 5) is 24.3. The molecule has 0 bridgehead atoms. The molecule has 1 heterocycles. The summed E-state index contributed by atoms with van der Waals surface area (Å²) >= 11 is 0. The van der Waals surface area contributed by atoms with Crippen LogP contribution in [0.3, 0.4) is 0 Å². The molecule has 23 heavy (non-hydrogen) atoms. The topological polar surface area (TPSA) is 123 Å². The molecule has 1 fully saturated rings. The van der Waals surface area contributed by atoms with Gasteiger partial charge in [0.15, 0.2) is 18.5 Å². The molecule has 2 rings (SSSR count). The third-order valence-electron chi connectivity index (χ3n) is 3.57. The van der Waals surface area contributed by atoms with E-state index in [0.29, 0.717) is 0 Å². The van der Waals surface area contributed by atoms with Gasteiger partial charge in [0.2, 0.25) is 5.78 Å². The van der Waals surface area contributed by atoms with Gasteiger partial charge < -0.3 is 29.5 Å². The zero-order valence-corrected chi connectivity index (χ0v) is 12.8. The van der Waals surface area contributed by atoms with Gasteiger partial charge in [0.05, 0.1) is 0 Å². The number of benzene rings is 1. The lowest BCUT2D eigenvalue weighted by molar-refractivity contribution is -0.239. The Morgan fingerprint density at radius 2 is 1.96 bits per heavy atom. The number of Topliss-reactive ketones (excluding diaryl/α,β-unsaturated/α-hetero) is 1.